The van der Waals surface area contributed by atoms with E-state index in [1.807, 2.05) is 0 Å². The van der Waals surface area contributed by atoms with Crippen molar-refractivity contribution in [3.05, 3.63) is 0 Å². The van der Waals surface area contributed by atoms with Crippen LogP contribution in [0.1, 0.15) is 32.6 Å². The van der Waals surface area contributed by atoms with Gasteiger partial charge in [0.05, 0.1) is 0 Å². The van der Waals surface area contributed by atoms with Crippen LogP contribution in [0.25, 0.3) is 0 Å². The highest BCUT2D eigenvalue weighted by atomic mass is 28.4. The smallest absolute Gasteiger partial charge is 0.377 e. The standard InChI is InChI=1S/C17H35F3O6Si2/c1-14-12-15(8-10-27(21-2,22-3)23-4)16(18,17(19,20)13-14)9-11-28(24-5,25-6)26-7/h14-15H,8-13H2,1-7H3. The van der Waals surface area contributed by atoms with E-state index >= 15 is 4.39 Å². The van der Waals surface area contributed by atoms with Crippen molar-refractivity contribution in [2.45, 2.75) is 56.3 Å². The third-order valence-corrected chi connectivity index (χ3v) is 11.5. The molecule has 1 fully saturated rings. The Morgan fingerprint density at radius 1 is 0.786 bits per heavy atom. The van der Waals surface area contributed by atoms with Gasteiger partial charge in [0.2, 0.25) is 0 Å². The first-order chi connectivity index (χ1) is 13.0. The van der Waals surface area contributed by atoms with Gasteiger partial charge in [-0.1, -0.05) is 6.92 Å². The van der Waals surface area contributed by atoms with Gasteiger partial charge in [0.15, 0.2) is 5.67 Å². The van der Waals surface area contributed by atoms with Crippen molar-refractivity contribution >= 4 is 17.6 Å². The molecule has 0 aliphatic heterocycles. The topological polar surface area (TPSA) is 55.4 Å². The Hall–Kier alpha value is -0.0162. The first kappa shape index (κ1) is 26.0. The number of halogens is 3. The fourth-order valence-electron chi connectivity index (χ4n) is 4.19. The molecular weight excluding hydrogens is 413 g/mol. The Labute approximate surface area is 168 Å². The van der Waals surface area contributed by atoms with Crippen molar-refractivity contribution in [1.82, 2.24) is 0 Å². The molecule has 0 spiro atoms. The molecule has 3 unspecified atom stereocenters. The van der Waals surface area contributed by atoms with Crippen molar-refractivity contribution in [2.24, 2.45) is 11.8 Å². The highest BCUT2D eigenvalue weighted by Crippen LogP contribution is 2.54. The van der Waals surface area contributed by atoms with Gasteiger partial charge in [-0.05, 0) is 31.1 Å². The van der Waals surface area contributed by atoms with Crippen molar-refractivity contribution in [2.75, 3.05) is 42.7 Å². The van der Waals surface area contributed by atoms with Crippen LogP contribution in [-0.2, 0) is 26.6 Å². The molecule has 0 saturated heterocycles. The molecule has 0 N–H and O–H groups in total. The summed E-state index contributed by atoms with van der Waals surface area (Å²) in [6.07, 6.45) is -0.349. The zero-order chi connectivity index (χ0) is 21.6. The van der Waals surface area contributed by atoms with E-state index in [4.69, 9.17) is 26.6 Å². The molecule has 168 valence electrons. The van der Waals surface area contributed by atoms with Crippen molar-refractivity contribution in [3.8, 4) is 0 Å². The first-order valence-corrected chi connectivity index (χ1v) is 13.3. The Balaban J connectivity index is 3.09. The van der Waals surface area contributed by atoms with Crippen LogP contribution in [0, 0.1) is 11.8 Å². The molecular formula is C17H35F3O6Si2. The van der Waals surface area contributed by atoms with Gasteiger partial charge in [-0.3, -0.25) is 0 Å². The fraction of sp³-hybridized carbons (Fsp3) is 1.00. The molecule has 0 aromatic carbocycles. The molecule has 0 heterocycles. The van der Waals surface area contributed by atoms with E-state index in [1.165, 1.54) is 42.7 Å². The second-order valence-corrected chi connectivity index (χ2v) is 13.6. The number of hydrogen-bond acceptors (Lipinski definition) is 6. The number of alkyl halides is 3. The SMILES string of the molecule is CO[Si](CCC1CC(C)CC(F)(F)C1(F)CC[Si](OC)(OC)OC)(OC)OC. The minimum atomic E-state index is -3.46. The minimum Gasteiger partial charge on any atom is -0.377 e. The van der Waals surface area contributed by atoms with Crippen LogP contribution in [0.4, 0.5) is 13.2 Å². The van der Waals surface area contributed by atoms with Gasteiger partial charge < -0.3 is 26.6 Å². The Bertz CT molecular complexity index is 463. The maximum atomic E-state index is 16.0. The van der Waals surface area contributed by atoms with Gasteiger partial charge in [0.1, 0.15) is 0 Å². The summed E-state index contributed by atoms with van der Waals surface area (Å²) in [5.74, 6) is -4.61. The average molecular weight is 449 g/mol. The molecule has 1 saturated carbocycles. The molecule has 0 aromatic heterocycles. The summed E-state index contributed by atoms with van der Waals surface area (Å²) in [7, 11) is 2.36. The van der Waals surface area contributed by atoms with E-state index in [-0.39, 0.29) is 24.4 Å². The molecule has 6 nitrogen and oxygen atoms in total. The maximum absolute atomic E-state index is 16.0. The number of rotatable bonds is 12. The summed E-state index contributed by atoms with van der Waals surface area (Å²) in [4.78, 5) is 0. The summed E-state index contributed by atoms with van der Waals surface area (Å²) < 4.78 is 77.9. The first-order valence-electron chi connectivity index (χ1n) is 9.40. The Morgan fingerprint density at radius 2 is 1.21 bits per heavy atom. The average Bonchev–Trinajstić information content (AvgIpc) is 2.68. The van der Waals surface area contributed by atoms with Gasteiger partial charge in [-0.15, -0.1) is 0 Å². The van der Waals surface area contributed by atoms with Gasteiger partial charge in [0.25, 0.3) is 5.92 Å². The molecule has 0 bridgehead atoms. The lowest BCUT2D eigenvalue weighted by molar-refractivity contribution is -0.202. The summed E-state index contributed by atoms with van der Waals surface area (Å²) in [5.41, 5.74) is -2.69. The third-order valence-electron chi connectivity index (χ3n) is 6.01. The highest BCUT2D eigenvalue weighted by Gasteiger charge is 2.63. The van der Waals surface area contributed by atoms with Crippen LogP contribution in [-0.4, -0.2) is 71.9 Å². The van der Waals surface area contributed by atoms with Crippen LogP contribution in [0.5, 0.6) is 0 Å². The van der Waals surface area contributed by atoms with Crippen LogP contribution < -0.4 is 0 Å². The molecule has 0 radical (unpaired) electrons. The molecule has 28 heavy (non-hydrogen) atoms. The van der Waals surface area contributed by atoms with Crippen molar-refractivity contribution < 1.29 is 39.7 Å². The van der Waals surface area contributed by atoms with E-state index in [1.54, 1.807) is 6.92 Å². The zero-order valence-electron chi connectivity index (χ0n) is 18.0. The second kappa shape index (κ2) is 10.3. The number of hydrogen-bond donors (Lipinski definition) is 0. The van der Waals surface area contributed by atoms with Crippen molar-refractivity contribution in [1.29, 1.82) is 0 Å². The molecule has 0 amide bonds. The van der Waals surface area contributed by atoms with Crippen molar-refractivity contribution in [3.63, 3.8) is 0 Å². The molecule has 0 aromatic rings. The van der Waals surface area contributed by atoms with Gasteiger partial charge in [-0.25, -0.2) is 13.2 Å². The summed E-state index contributed by atoms with van der Waals surface area (Å²) in [6.45, 7) is 1.73. The van der Waals surface area contributed by atoms with E-state index in [9.17, 15) is 8.78 Å². The predicted molar refractivity (Wildman–Crippen MR) is 103 cm³/mol. The summed E-state index contributed by atoms with van der Waals surface area (Å²) >= 11 is 0. The highest BCUT2D eigenvalue weighted by molar-refractivity contribution is 6.60. The Kier molecular flexibility index (Phi) is 9.60. The fourth-order valence-corrected chi connectivity index (χ4v) is 7.79. The zero-order valence-corrected chi connectivity index (χ0v) is 20.0. The quantitative estimate of drug-likeness (QED) is 0.422. The largest absolute Gasteiger partial charge is 0.500 e. The lowest BCUT2D eigenvalue weighted by atomic mass is 9.68. The predicted octanol–water partition coefficient (Wildman–Crippen LogP) is 3.91. The van der Waals surface area contributed by atoms with Gasteiger partial charge >= 0.3 is 17.6 Å². The van der Waals surface area contributed by atoms with E-state index < -0.39 is 48.0 Å². The maximum Gasteiger partial charge on any atom is 0.500 e. The molecule has 1 aliphatic carbocycles. The second-order valence-electron chi connectivity index (χ2n) is 7.44. The van der Waals surface area contributed by atoms with Gasteiger partial charge in [-0.2, -0.15) is 0 Å². The van der Waals surface area contributed by atoms with Crippen LogP contribution in [0.3, 0.4) is 0 Å². The summed E-state index contributed by atoms with van der Waals surface area (Å²) in [6, 6.07) is 0.228. The summed E-state index contributed by atoms with van der Waals surface area (Å²) in [5, 5.41) is 0. The normalized spacial score (nSPS) is 28.5. The molecule has 3 atom stereocenters. The lowest BCUT2D eigenvalue weighted by Crippen LogP contribution is -2.57. The van der Waals surface area contributed by atoms with Crippen LogP contribution in [0.2, 0.25) is 12.1 Å². The van der Waals surface area contributed by atoms with Crippen LogP contribution in [0.15, 0.2) is 0 Å². The monoisotopic (exact) mass is 448 g/mol. The Morgan fingerprint density at radius 3 is 1.64 bits per heavy atom. The van der Waals surface area contributed by atoms with Gasteiger partial charge in [0, 0.05) is 61.2 Å². The van der Waals surface area contributed by atoms with Crippen LogP contribution >= 0.6 is 0 Å². The van der Waals surface area contributed by atoms with E-state index in [0.717, 1.165) is 0 Å². The third kappa shape index (κ3) is 5.36. The minimum absolute atomic E-state index is 0.0329. The molecule has 1 aliphatic rings. The molecule has 11 heteroatoms. The molecule has 1 rings (SSSR count). The lowest BCUT2D eigenvalue weighted by Gasteiger charge is -2.47. The van der Waals surface area contributed by atoms with E-state index in [2.05, 4.69) is 0 Å². The van der Waals surface area contributed by atoms with E-state index in [0.29, 0.717) is 6.42 Å².